The van der Waals surface area contributed by atoms with E-state index in [1.54, 1.807) is 30.5 Å². The Morgan fingerprint density at radius 3 is 2.53 bits per heavy atom. The summed E-state index contributed by atoms with van der Waals surface area (Å²) in [7, 11) is 0. The third kappa shape index (κ3) is 7.09. The molecule has 12 heteroatoms. The van der Waals surface area contributed by atoms with Crippen molar-refractivity contribution in [3.8, 4) is 23.2 Å². The van der Waals surface area contributed by atoms with Gasteiger partial charge in [0.05, 0.1) is 31.4 Å². The van der Waals surface area contributed by atoms with E-state index in [1.165, 1.54) is 10.6 Å². The summed E-state index contributed by atoms with van der Waals surface area (Å²) in [5, 5.41) is 13.4. The molecule has 2 aromatic carbocycles. The minimum absolute atomic E-state index is 0.0824. The summed E-state index contributed by atoms with van der Waals surface area (Å²) in [6.07, 6.45) is 0.482. The van der Waals surface area contributed by atoms with E-state index in [9.17, 15) is 14.9 Å². The van der Waals surface area contributed by atoms with E-state index in [0.717, 1.165) is 45.1 Å². The van der Waals surface area contributed by atoms with Gasteiger partial charge in [-0.3, -0.25) is 14.5 Å². The van der Waals surface area contributed by atoms with Gasteiger partial charge in [0.1, 0.15) is 29.5 Å². The average Bonchev–Trinajstić information content (AvgIpc) is 3.52. The highest BCUT2D eigenvalue weighted by molar-refractivity contribution is 5.90. The molecule has 0 bridgehead atoms. The van der Waals surface area contributed by atoms with Gasteiger partial charge < -0.3 is 24.6 Å². The maximum absolute atomic E-state index is 15.7. The Morgan fingerprint density at radius 1 is 1.10 bits per heavy atom. The van der Waals surface area contributed by atoms with Crippen LogP contribution in [-0.2, 0) is 14.3 Å². The molecule has 256 valence electrons. The second-order valence-corrected chi connectivity index (χ2v) is 14.2. The Hall–Kier alpha value is -4.60. The van der Waals surface area contributed by atoms with E-state index in [0.29, 0.717) is 42.6 Å². The molecule has 4 fully saturated rings. The first-order valence-electron chi connectivity index (χ1n) is 17.1. The number of piperazine rings is 1. The lowest BCUT2D eigenvalue weighted by atomic mass is 9.79. The number of carbonyl (C=O) groups excluding carboxylic acids is 2. The molecule has 3 saturated heterocycles. The molecule has 49 heavy (non-hydrogen) atoms. The number of nitrogens with one attached hydrogen (secondary N) is 1. The number of carbonyl (C=O) groups is 2. The highest BCUT2D eigenvalue weighted by Crippen LogP contribution is 2.38. The van der Waals surface area contributed by atoms with Gasteiger partial charge in [-0.25, -0.2) is 14.4 Å². The van der Waals surface area contributed by atoms with Crippen molar-refractivity contribution in [3.63, 3.8) is 0 Å². The number of amides is 1. The van der Waals surface area contributed by atoms with Gasteiger partial charge in [-0.15, -0.1) is 0 Å². The minimum atomic E-state index is -1.46. The number of piperidine rings is 1. The summed E-state index contributed by atoms with van der Waals surface area (Å²) in [6, 6.07) is 17.9. The van der Waals surface area contributed by atoms with Crippen molar-refractivity contribution < 1.29 is 23.5 Å². The molecule has 7 rings (SSSR count). The van der Waals surface area contributed by atoms with Crippen molar-refractivity contribution in [2.75, 3.05) is 62.7 Å². The summed E-state index contributed by atoms with van der Waals surface area (Å²) in [6.45, 7) is 9.66. The van der Waals surface area contributed by atoms with Crippen molar-refractivity contribution in [2.45, 2.75) is 51.4 Å². The third-order valence-corrected chi connectivity index (χ3v) is 10.2. The Kier molecular flexibility index (Phi) is 9.22. The van der Waals surface area contributed by atoms with Crippen LogP contribution in [0.2, 0.25) is 0 Å². The van der Waals surface area contributed by atoms with Crippen LogP contribution in [0.15, 0.2) is 54.7 Å². The molecule has 4 heterocycles. The van der Waals surface area contributed by atoms with E-state index in [-0.39, 0.29) is 41.9 Å². The van der Waals surface area contributed by atoms with Crippen molar-refractivity contribution in [2.24, 2.45) is 11.3 Å². The number of alkyl halides is 1. The Balaban J connectivity index is 0.988. The zero-order valence-corrected chi connectivity index (χ0v) is 28.0. The standard InChI is InChI=1S/C37H42FN7O4/c1-37(2)23-45(36(47)25-3-9-30(46)18-25)20-31(38)34(37)49-32-10-4-24(17-26(32)19-39)35-40-12-11-33(42-35)41-27-5-7-28(8-6-27)43-13-15-44(16-14-43)29-21-48-22-29/h4-8,10-12,17,25,29,31,34H,3,9,13-16,18,20-23H2,1-2H3,(H,40,41,42)/t25-,31-,34-/m1/s1. The number of halogens is 1. The van der Waals surface area contributed by atoms with Crippen molar-refractivity contribution >= 4 is 28.9 Å². The fraction of sp³-hybridized carbons (Fsp3) is 0.486. The molecule has 1 saturated carbocycles. The number of hydrogen-bond acceptors (Lipinski definition) is 10. The molecule has 1 amide bonds. The number of likely N-dealkylation sites (tertiary alicyclic amines) is 1. The van der Waals surface area contributed by atoms with Crippen molar-refractivity contribution in [3.05, 3.63) is 60.3 Å². The Morgan fingerprint density at radius 2 is 1.88 bits per heavy atom. The lowest BCUT2D eigenvalue weighted by Crippen LogP contribution is -2.59. The Bertz CT molecular complexity index is 1730. The average molecular weight is 668 g/mol. The van der Waals surface area contributed by atoms with Gasteiger partial charge >= 0.3 is 0 Å². The quantitative estimate of drug-likeness (QED) is 0.365. The number of ketones is 1. The molecule has 3 aliphatic heterocycles. The predicted octanol–water partition coefficient (Wildman–Crippen LogP) is 4.60. The zero-order chi connectivity index (χ0) is 34.1. The fourth-order valence-electron chi connectivity index (χ4n) is 7.37. The SMILES string of the molecule is CC1(C)CN(C(=O)[C@@H]2CCC(=O)C2)C[C@@H](F)[C@H]1Oc1ccc(-c2nccc(Nc3ccc(N4CCN(C5COC5)CC4)cc3)n2)cc1C#N. The summed E-state index contributed by atoms with van der Waals surface area (Å²) in [5.41, 5.74) is 2.21. The maximum atomic E-state index is 15.7. The van der Waals surface area contributed by atoms with E-state index in [4.69, 9.17) is 9.47 Å². The van der Waals surface area contributed by atoms with Crippen LogP contribution in [0.4, 0.5) is 21.6 Å². The van der Waals surface area contributed by atoms with Crippen LogP contribution in [0, 0.1) is 22.7 Å². The number of nitrogens with zero attached hydrogens (tertiary/aromatic N) is 6. The summed E-state index contributed by atoms with van der Waals surface area (Å²) < 4.78 is 27.2. The first-order chi connectivity index (χ1) is 23.7. The highest BCUT2D eigenvalue weighted by atomic mass is 19.1. The smallest absolute Gasteiger partial charge is 0.226 e. The van der Waals surface area contributed by atoms with Crippen LogP contribution in [0.5, 0.6) is 5.75 Å². The van der Waals surface area contributed by atoms with E-state index in [2.05, 4.69) is 43.3 Å². The molecule has 0 unspecified atom stereocenters. The number of rotatable bonds is 8. The van der Waals surface area contributed by atoms with Gasteiger partial charge in [0.2, 0.25) is 5.91 Å². The molecule has 3 aromatic rings. The highest BCUT2D eigenvalue weighted by Gasteiger charge is 2.47. The number of benzene rings is 2. The molecule has 11 nitrogen and oxygen atoms in total. The fourth-order valence-corrected chi connectivity index (χ4v) is 7.37. The molecular formula is C37H42FN7O4. The number of ether oxygens (including phenoxy) is 2. The Labute approximate surface area is 286 Å². The molecular weight excluding hydrogens is 625 g/mol. The summed E-state index contributed by atoms with van der Waals surface area (Å²) in [5.74, 6) is 0.852. The molecule has 1 aliphatic carbocycles. The van der Waals surface area contributed by atoms with Gasteiger partial charge in [-0.05, 0) is 55.0 Å². The molecule has 0 radical (unpaired) electrons. The largest absolute Gasteiger partial charge is 0.485 e. The van der Waals surface area contributed by atoms with Crippen LogP contribution in [0.1, 0.15) is 38.7 Å². The second-order valence-electron chi connectivity index (χ2n) is 14.2. The number of Topliss-reactive ketones (excluding diaryl/α,β-unsaturated/α-hetero) is 1. The van der Waals surface area contributed by atoms with Crippen LogP contribution in [-0.4, -0.2) is 102 Å². The van der Waals surface area contributed by atoms with E-state index < -0.39 is 17.7 Å². The van der Waals surface area contributed by atoms with E-state index >= 15 is 4.39 Å². The summed E-state index contributed by atoms with van der Waals surface area (Å²) in [4.78, 5) is 40.4. The first kappa shape index (κ1) is 32.9. The normalized spacial score (nSPS) is 24.3. The molecule has 4 aliphatic rings. The van der Waals surface area contributed by atoms with Crippen molar-refractivity contribution in [1.29, 1.82) is 5.26 Å². The minimum Gasteiger partial charge on any atom is -0.485 e. The number of nitriles is 1. The van der Waals surface area contributed by atoms with Crippen LogP contribution in [0.25, 0.3) is 11.4 Å². The molecule has 0 spiro atoms. The molecule has 1 aromatic heterocycles. The van der Waals surface area contributed by atoms with Crippen LogP contribution in [0.3, 0.4) is 0 Å². The number of hydrogen-bond donors (Lipinski definition) is 1. The van der Waals surface area contributed by atoms with Gasteiger partial charge in [0, 0.05) is 80.0 Å². The van der Waals surface area contributed by atoms with E-state index in [1.807, 2.05) is 26.0 Å². The monoisotopic (exact) mass is 667 g/mol. The topological polar surface area (TPSA) is 124 Å². The number of aromatic nitrogens is 2. The van der Waals surface area contributed by atoms with Crippen molar-refractivity contribution in [1.82, 2.24) is 19.8 Å². The summed E-state index contributed by atoms with van der Waals surface area (Å²) >= 11 is 0. The zero-order valence-electron chi connectivity index (χ0n) is 28.0. The second kappa shape index (κ2) is 13.7. The lowest BCUT2D eigenvalue weighted by molar-refractivity contribution is -0.146. The van der Waals surface area contributed by atoms with Gasteiger partial charge in [-0.2, -0.15) is 5.26 Å². The van der Waals surface area contributed by atoms with Gasteiger partial charge in [0.25, 0.3) is 0 Å². The number of anilines is 3. The maximum Gasteiger partial charge on any atom is 0.226 e. The van der Waals surface area contributed by atoms with Gasteiger partial charge in [0.15, 0.2) is 12.0 Å². The molecule has 3 atom stereocenters. The first-order valence-corrected chi connectivity index (χ1v) is 17.1. The van der Waals surface area contributed by atoms with Gasteiger partial charge in [-0.1, -0.05) is 13.8 Å². The van der Waals surface area contributed by atoms with Crippen LogP contribution >= 0.6 is 0 Å². The van der Waals surface area contributed by atoms with Crippen LogP contribution < -0.4 is 15.0 Å². The third-order valence-electron chi connectivity index (χ3n) is 10.2. The molecule has 1 N–H and O–H groups in total. The lowest BCUT2D eigenvalue weighted by Gasteiger charge is -2.46. The predicted molar refractivity (Wildman–Crippen MR) is 182 cm³/mol.